The summed E-state index contributed by atoms with van der Waals surface area (Å²) in [5.74, 6) is -4.00. The van der Waals surface area contributed by atoms with Crippen molar-refractivity contribution in [2.75, 3.05) is 13.7 Å². The highest BCUT2D eigenvalue weighted by Crippen LogP contribution is 2.57. The van der Waals surface area contributed by atoms with Gasteiger partial charge >= 0.3 is 19.5 Å². The Labute approximate surface area is 150 Å². The third-order valence-electron chi connectivity index (χ3n) is 4.23. The van der Waals surface area contributed by atoms with Crippen molar-refractivity contribution in [2.24, 2.45) is 5.92 Å². The van der Waals surface area contributed by atoms with Crippen molar-refractivity contribution in [1.82, 2.24) is 0 Å². The standard InChI is InChI=1S/C16H23O9P/c1-3-12(10-25-9-11-4-6-13(24-2)7-5-11)16(15(19)20,8-14(17)18)26(21,22)23/h4-7,12H,3,8-10H2,1-2H3,(H,17,18)(H,19,20)(H2,21,22,23). The van der Waals surface area contributed by atoms with Crippen molar-refractivity contribution in [2.45, 2.75) is 31.5 Å². The first kappa shape index (κ1) is 22.1. The van der Waals surface area contributed by atoms with Crippen LogP contribution in [0.2, 0.25) is 0 Å². The molecule has 26 heavy (non-hydrogen) atoms. The Morgan fingerprint density at radius 1 is 1.19 bits per heavy atom. The number of benzene rings is 1. The first-order valence-corrected chi connectivity index (χ1v) is 9.41. The molecule has 146 valence electrons. The third-order valence-corrected chi connectivity index (χ3v) is 5.98. The molecular formula is C16H23O9P. The second kappa shape index (κ2) is 9.14. The van der Waals surface area contributed by atoms with Gasteiger partial charge in [0.15, 0.2) is 5.16 Å². The van der Waals surface area contributed by atoms with E-state index in [0.29, 0.717) is 5.75 Å². The van der Waals surface area contributed by atoms with Crippen molar-refractivity contribution in [3.05, 3.63) is 29.8 Å². The Morgan fingerprint density at radius 3 is 2.15 bits per heavy atom. The van der Waals surface area contributed by atoms with Crippen LogP contribution in [0.25, 0.3) is 0 Å². The number of rotatable bonds is 11. The Morgan fingerprint density at radius 2 is 1.77 bits per heavy atom. The minimum absolute atomic E-state index is 0.0211. The molecule has 2 unspecified atom stereocenters. The summed E-state index contributed by atoms with van der Waals surface area (Å²) in [4.78, 5) is 42.0. The van der Waals surface area contributed by atoms with Gasteiger partial charge in [-0.05, 0) is 24.1 Å². The van der Waals surface area contributed by atoms with E-state index in [1.54, 1.807) is 24.3 Å². The molecule has 2 atom stereocenters. The van der Waals surface area contributed by atoms with Crippen LogP contribution in [0.1, 0.15) is 25.3 Å². The lowest BCUT2D eigenvalue weighted by atomic mass is 9.86. The average molecular weight is 390 g/mol. The summed E-state index contributed by atoms with van der Waals surface area (Å²) in [6.45, 7) is 1.29. The molecule has 0 aliphatic carbocycles. The molecular weight excluding hydrogens is 367 g/mol. The summed E-state index contributed by atoms with van der Waals surface area (Å²) in [5.41, 5.74) is 0.746. The maximum absolute atomic E-state index is 11.9. The van der Waals surface area contributed by atoms with Gasteiger partial charge in [-0.15, -0.1) is 0 Å². The van der Waals surface area contributed by atoms with Gasteiger partial charge in [0.25, 0.3) is 0 Å². The number of carbonyl (C=O) groups is 2. The SMILES string of the molecule is CCC(COCc1ccc(OC)cc1)C(CC(=O)O)(C(=O)O)P(=O)(O)O. The van der Waals surface area contributed by atoms with Crippen LogP contribution in [0.4, 0.5) is 0 Å². The van der Waals surface area contributed by atoms with E-state index < -0.39 is 37.0 Å². The van der Waals surface area contributed by atoms with E-state index in [1.807, 2.05) is 0 Å². The van der Waals surface area contributed by atoms with Crippen LogP contribution in [0.15, 0.2) is 24.3 Å². The van der Waals surface area contributed by atoms with E-state index in [9.17, 15) is 29.0 Å². The second-order valence-electron chi connectivity index (χ2n) is 5.81. The molecule has 0 aliphatic rings. The second-order valence-corrected chi connectivity index (χ2v) is 7.70. The van der Waals surface area contributed by atoms with Crippen LogP contribution < -0.4 is 4.74 Å². The molecule has 0 aromatic heterocycles. The van der Waals surface area contributed by atoms with Crippen LogP contribution in [0.3, 0.4) is 0 Å². The van der Waals surface area contributed by atoms with Crippen LogP contribution in [-0.2, 0) is 25.5 Å². The Balaban J connectivity index is 2.97. The minimum Gasteiger partial charge on any atom is -0.497 e. The Hall–Kier alpha value is -1.93. The number of ether oxygens (including phenoxy) is 2. The predicted molar refractivity (Wildman–Crippen MR) is 91.1 cm³/mol. The van der Waals surface area contributed by atoms with Crippen LogP contribution in [0, 0.1) is 5.92 Å². The first-order chi connectivity index (χ1) is 12.1. The van der Waals surface area contributed by atoms with Crippen molar-refractivity contribution in [3.63, 3.8) is 0 Å². The molecule has 0 amide bonds. The molecule has 0 heterocycles. The van der Waals surface area contributed by atoms with Crippen LogP contribution in [0.5, 0.6) is 5.75 Å². The first-order valence-electron chi connectivity index (χ1n) is 7.80. The van der Waals surface area contributed by atoms with E-state index in [-0.39, 0.29) is 19.6 Å². The van der Waals surface area contributed by atoms with Gasteiger partial charge in [0.2, 0.25) is 0 Å². The zero-order valence-corrected chi connectivity index (χ0v) is 15.4. The van der Waals surface area contributed by atoms with Crippen molar-refractivity contribution in [1.29, 1.82) is 0 Å². The molecule has 0 bridgehead atoms. The molecule has 0 saturated carbocycles. The molecule has 0 fully saturated rings. The van der Waals surface area contributed by atoms with Gasteiger partial charge in [-0.2, -0.15) is 0 Å². The summed E-state index contributed by atoms with van der Waals surface area (Å²) in [6, 6.07) is 6.87. The number of carboxylic acid groups (broad SMARTS) is 2. The number of hydrogen-bond acceptors (Lipinski definition) is 5. The van der Waals surface area contributed by atoms with Crippen molar-refractivity contribution >= 4 is 19.5 Å². The van der Waals surface area contributed by atoms with Crippen LogP contribution in [-0.4, -0.2) is 50.8 Å². The van der Waals surface area contributed by atoms with E-state index in [4.69, 9.17) is 14.6 Å². The minimum atomic E-state index is -5.29. The lowest BCUT2D eigenvalue weighted by Crippen LogP contribution is -2.49. The van der Waals surface area contributed by atoms with Gasteiger partial charge in [0, 0.05) is 5.92 Å². The summed E-state index contributed by atoms with van der Waals surface area (Å²) in [7, 11) is -3.77. The summed E-state index contributed by atoms with van der Waals surface area (Å²) < 4.78 is 22.4. The van der Waals surface area contributed by atoms with Gasteiger partial charge in [-0.25, -0.2) is 0 Å². The molecule has 0 radical (unpaired) electrons. The highest BCUT2D eigenvalue weighted by molar-refractivity contribution is 7.54. The Bertz CT molecular complexity index is 667. The molecule has 0 spiro atoms. The van der Waals surface area contributed by atoms with Gasteiger partial charge in [-0.3, -0.25) is 14.2 Å². The molecule has 4 N–H and O–H groups in total. The fraction of sp³-hybridized carbons (Fsp3) is 0.500. The molecule has 1 aromatic carbocycles. The fourth-order valence-electron chi connectivity index (χ4n) is 2.72. The average Bonchev–Trinajstić information content (AvgIpc) is 2.56. The lowest BCUT2D eigenvalue weighted by Gasteiger charge is -2.35. The quantitative estimate of drug-likeness (QED) is 0.414. The number of hydrogen-bond donors (Lipinski definition) is 4. The molecule has 0 saturated heterocycles. The van der Waals surface area contributed by atoms with Gasteiger partial charge in [0.1, 0.15) is 5.75 Å². The molecule has 1 rings (SSSR count). The monoisotopic (exact) mass is 390 g/mol. The molecule has 9 nitrogen and oxygen atoms in total. The van der Waals surface area contributed by atoms with E-state index in [1.165, 1.54) is 14.0 Å². The fourth-order valence-corrected chi connectivity index (χ4v) is 4.05. The van der Waals surface area contributed by atoms with Gasteiger partial charge in [0.05, 0.1) is 26.7 Å². The number of methoxy groups -OCH3 is 1. The lowest BCUT2D eigenvalue weighted by molar-refractivity contribution is -0.150. The maximum atomic E-state index is 11.9. The van der Waals surface area contributed by atoms with E-state index in [0.717, 1.165) is 5.56 Å². The highest BCUT2D eigenvalue weighted by Gasteiger charge is 2.60. The highest BCUT2D eigenvalue weighted by atomic mass is 31.2. The van der Waals surface area contributed by atoms with Gasteiger partial charge < -0.3 is 29.5 Å². The van der Waals surface area contributed by atoms with Crippen molar-refractivity contribution < 1.29 is 43.6 Å². The predicted octanol–water partition coefficient (Wildman–Crippen LogP) is 1.71. The normalized spacial score (nSPS) is 15.1. The van der Waals surface area contributed by atoms with Gasteiger partial charge in [-0.1, -0.05) is 19.1 Å². The Kier molecular flexibility index (Phi) is 7.77. The largest absolute Gasteiger partial charge is 0.497 e. The summed E-state index contributed by atoms with van der Waals surface area (Å²) in [5, 5.41) is 15.7. The third kappa shape index (κ3) is 5.04. The molecule has 10 heteroatoms. The van der Waals surface area contributed by atoms with Crippen molar-refractivity contribution in [3.8, 4) is 5.75 Å². The van der Waals surface area contributed by atoms with E-state index in [2.05, 4.69) is 0 Å². The smallest absolute Gasteiger partial charge is 0.343 e. The van der Waals surface area contributed by atoms with E-state index >= 15 is 0 Å². The summed E-state index contributed by atoms with van der Waals surface area (Å²) in [6.07, 6.45) is -1.18. The molecule has 1 aromatic rings. The number of carboxylic acids is 2. The number of aliphatic carboxylic acids is 2. The van der Waals surface area contributed by atoms with Crippen LogP contribution >= 0.6 is 7.60 Å². The maximum Gasteiger partial charge on any atom is 0.343 e. The molecule has 0 aliphatic heterocycles. The summed E-state index contributed by atoms with van der Waals surface area (Å²) >= 11 is 0. The zero-order chi connectivity index (χ0) is 20.0. The topological polar surface area (TPSA) is 151 Å². The zero-order valence-electron chi connectivity index (χ0n) is 14.5.